The number of rotatable bonds is 4. The average molecular weight is 377 g/mol. The van der Waals surface area contributed by atoms with Gasteiger partial charge in [0.1, 0.15) is 0 Å². The standard InChI is InChI=1S/C19H15N5O2S/c25-10-13-8-22-17(27-13)6-15-18-20-3-4-24(18)16(9-21-15)11-1-2-14-12(5-11)7-23-19(14)26/h1-5,8-9,25H,6-7,10H2,(H,23,26). The Kier molecular flexibility index (Phi) is 3.73. The van der Waals surface area contributed by atoms with E-state index in [9.17, 15) is 9.90 Å². The van der Waals surface area contributed by atoms with Crippen LogP contribution in [-0.2, 0) is 19.6 Å². The Morgan fingerprint density at radius 3 is 3.00 bits per heavy atom. The number of nitrogens with zero attached hydrogens (tertiary/aromatic N) is 4. The summed E-state index contributed by atoms with van der Waals surface area (Å²) in [7, 11) is 0. The van der Waals surface area contributed by atoms with Crippen molar-refractivity contribution in [2.45, 2.75) is 19.6 Å². The number of carbonyl (C=O) groups excluding carboxylic acids is 1. The highest BCUT2D eigenvalue weighted by Gasteiger charge is 2.20. The Morgan fingerprint density at radius 1 is 1.22 bits per heavy atom. The summed E-state index contributed by atoms with van der Waals surface area (Å²) >= 11 is 1.48. The lowest BCUT2D eigenvalue weighted by Gasteiger charge is -2.09. The van der Waals surface area contributed by atoms with Crippen molar-refractivity contribution < 1.29 is 9.90 Å². The maximum absolute atomic E-state index is 11.8. The predicted octanol–water partition coefficient (Wildman–Crippen LogP) is 2.18. The van der Waals surface area contributed by atoms with Gasteiger partial charge in [-0.1, -0.05) is 6.07 Å². The first-order valence-electron chi connectivity index (χ1n) is 8.50. The van der Waals surface area contributed by atoms with Gasteiger partial charge in [-0.25, -0.2) is 9.97 Å². The van der Waals surface area contributed by atoms with E-state index in [-0.39, 0.29) is 12.5 Å². The number of carbonyl (C=O) groups is 1. The van der Waals surface area contributed by atoms with Crippen molar-refractivity contribution in [2.24, 2.45) is 0 Å². The van der Waals surface area contributed by atoms with E-state index in [0.29, 0.717) is 13.0 Å². The van der Waals surface area contributed by atoms with E-state index in [1.807, 2.05) is 35.0 Å². The van der Waals surface area contributed by atoms with Gasteiger partial charge in [-0.3, -0.25) is 14.2 Å². The molecular weight excluding hydrogens is 362 g/mol. The van der Waals surface area contributed by atoms with Gasteiger partial charge in [0.05, 0.1) is 34.1 Å². The first-order valence-corrected chi connectivity index (χ1v) is 9.31. The molecule has 0 saturated heterocycles. The molecule has 1 aromatic carbocycles. The second-order valence-electron chi connectivity index (χ2n) is 6.32. The third-order valence-electron chi connectivity index (χ3n) is 4.66. The van der Waals surface area contributed by atoms with Gasteiger partial charge in [-0.05, 0) is 17.7 Å². The van der Waals surface area contributed by atoms with E-state index < -0.39 is 0 Å². The Hall–Kier alpha value is -3.10. The summed E-state index contributed by atoms with van der Waals surface area (Å²) in [6.45, 7) is 0.552. The van der Waals surface area contributed by atoms with Gasteiger partial charge in [0.15, 0.2) is 5.65 Å². The molecule has 0 aliphatic carbocycles. The van der Waals surface area contributed by atoms with Crippen LogP contribution < -0.4 is 5.32 Å². The van der Waals surface area contributed by atoms with Crippen LogP contribution in [0.4, 0.5) is 0 Å². The monoisotopic (exact) mass is 377 g/mol. The SMILES string of the molecule is O=C1NCc2cc(-c3cnc(Cc4ncc(CO)s4)c4nccn34)ccc21. The highest BCUT2D eigenvalue weighted by atomic mass is 32.1. The molecule has 27 heavy (non-hydrogen) atoms. The van der Waals surface area contributed by atoms with Gasteiger partial charge in [-0.15, -0.1) is 11.3 Å². The number of amides is 1. The smallest absolute Gasteiger partial charge is 0.251 e. The van der Waals surface area contributed by atoms with Crippen LogP contribution in [0.2, 0.25) is 0 Å². The first-order chi connectivity index (χ1) is 13.2. The largest absolute Gasteiger partial charge is 0.391 e. The number of nitrogens with one attached hydrogen (secondary N) is 1. The number of aliphatic hydroxyl groups excluding tert-OH is 1. The van der Waals surface area contributed by atoms with Crippen LogP contribution in [0.5, 0.6) is 0 Å². The lowest BCUT2D eigenvalue weighted by Crippen LogP contribution is -2.12. The molecule has 1 aliphatic heterocycles. The molecule has 4 aromatic rings. The average Bonchev–Trinajstić information content (AvgIpc) is 3.42. The fourth-order valence-corrected chi connectivity index (χ4v) is 4.13. The summed E-state index contributed by atoms with van der Waals surface area (Å²) in [5, 5.41) is 13.0. The van der Waals surface area contributed by atoms with Crippen molar-refractivity contribution in [1.29, 1.82) is 0 Å². The number of thiazole rings is 1. The molecule has 7 nitrogen and oxygen atoms in total. The summed E-state index contributed by atoms with van der Waals surface area (Å²) in [6, 6.07) is 5.82. The van der Waals surface area contributed by atoms with Gasteiger partial charge in [0.25, 0.3) is 5.91 Å². The minimum Gasteiger partial charge on any atom is -0.391 e. The number of benzene rings is 1. The van der Waals surface area contributed by atoms with Gasteiger partial charge in [-0.2, -0.15) is 0 Å². The van der Waals surface area contributed by atoms with Crippen molar-refractivity contribution >= 4 is 22.9 Å². The predicted molar refractivity (Wildman–Crippen MR) is 100 cm³/mol. The van der Waals surface area contributed by atoms with Crippen LogP contribution in [0.25, 0.3) is 16.9 Å². The topological polar surface area (TPSA) is 92.4 Å². The van der Waals surface area contributed by atoms with Crippen molar-refractivity contribution in [3.05, 3.63) is 69.7 Å². The number of aromatic nitrogens is 4. The molecule has 4 heterocycles. The van der Waals surface area contributed by atoms with Crippen molar-refractivity contribution in [1.82, 2.24) is 24.7 Å². The molecule has 0 radical (unpaired) electrons. The molecule has 0 spiro atoms. The molecule has 8 heteroatoms. The van der Waals surface area contributed by atoms with E-state index in [2.05, 4.69) is 20.3 Å². The van der Waals surface area contributed by atoms with Crippen LogP contribution in [0.15, 0.2) is 43.0 Å². The fraction of sp³-hybridized carbons (Fsp3) is 0.158. The highest BCUT2D eigenvalue weighted by Crippen LogP contribution is 2.27. The molecule has 0 atom stereocenters. The number of fused-ring (bicyclic) bond motifs is 2. The molecule has 0 fully saturated rings. The van der Waals surface area contributed by atoms with E-state index in [4.69, 9.17) is 0 Å². The van der Waals surface area contributed by atoms with E-state index in [1.165, 1.54) is 11.3 Å². The summed E-state index contributed by atoms with van der Waals surface area (Å²) in [4.78, 5) is 26.1. The van der Waals surface area contributed by atoms with Crippen LogP contribution >= 0.6 is 11.3 Å². The normalized spacial score (nSPS) is 13.1. The van der Waals surface area contributed by atoms with Gasteiger partial charge in [0, 0.05) is 42.7 Å². The van der Waals surface area contributed by atoms with Gasteiger partial charge < -0.3 is 10.4 Å². The number of imidazole rings is 1. The third kappa shape index (κ3) is 2.70. The third-order valence-corrected chi connectivity index (χ3v) is 5.64. The minimum atomic E-state index is -0.0245. The molecule has 0 unspecified atom stereocenters. The second kappa shape index (κ2) is 6.26. The Bertz CT molecular complexity index is 1180. The van der Waals surface area contributed by atoms with Crippen LogP contribution in [0.1, 0.15) is 31.5 Å². The van der Waals surface area contributed by atoms with Crippen LogP contribution in [0.3, 0.4) is 0 Å². The van der Waals surface area contributed by atoms with Crippen LogP contribution in [0, 0.1) is 0 Å². The minimum absolute atomic E-state index is 0.00148. The zero-order chi connectivity index (χ0) is 18.4. The molecule has 0 saturated carbocycles. The lowest BCUT2D eigenvalue weighted by atomic mass is 10.0. The van der Waals surface area contributed by atoms with Gasteiger partial charge >= 0.3 is 0 Å². The fourth-order valence-electron chi connectivity index (χ4n) is 3.35. The summed E-state index contributed by atoms with van der Waals surface area (Å²) in [5.41, 5.74) is 5.25. The van der Waals surface area contributed by atoms with Gasteiger partial charge in [0.2, 0.25) is 0 Å². The second-order valence-corrected chi connectivity index (χ2v) is 7.52. The molecule has 0 bridgehead atoms. The molecule has 2 N–H and O–H groups in total. The first kappa shape index (κ1) is 16.1. The summed E-state index contributed by atoms with van der Waals surface area (Å²) in [6.07, 6.45) is 7.75. The zero-order valence-corrected chi connectivity index (χ0v) is 15.0. The Morgan fingerprint density at radius 2 is 2.15 bits per heavy atom. The molecule has 1 amide bonds. The molecular formula is C19H15N5O2S. The highest BCUT2D eigenvalue weighted by molar-refractivity contribution is 7.11. The lowest BCUT2D eigenvalue weighted by molar-refractivity contribution is 0.0966. The summed E-state index contributed by atoms with van der Waals surface area (Å²) < 4.78 is 2.01. The molecule has 3 aromatic heterocycles. The quantitative estimate of drug-likeness (QED) is 0.569. The summed E-state index contributed by atoms with van der Waals surface area (Å²) in [5.74, 6) is -0.0245. The number of hydrogen-bond acceptors (Lipinski definition) is 6. The Labute approximate surface area is 158 Å². The van der Waals surface area contributed by atoms with Crippen molar-refractivity contribution in [2.75, 3.05) is 0 Å². The van der Waals surface area contributed by atoms with E-state index in [0.717, 1.165) is 43.6 Å². The maximum atomic E-state index is 11.8. The molecule has 134 valence electrons. The van der Waals surface area contributed by atoms with E-state index in [1.54, 1.807) is 12.4 Å². The maximum Gasteiger partial charge on any atom is 0.251 e. The van der Waals surface area contributed by atoms with Crippen LogP contribution in [-0.4, -0.2) is 30.4 Å². The van der Waals surface area contributed by atoms with E-state index >= 15 is 0 Å². The zero-order valence-electron chi connectivity index (χ0n) is 14.2. The van der Waals surface area contributed by atoms with Crippen molar-refractivity contribution in [3.63, 3.8) is 0 Å². The molecule has 5 rings (SSSR count). The number of hydrogen-bond donors (Lipinski definition) is 2. The Balaban J connectivity index is 1.56. The molecule has 1 aliphatic rings. The van der Waals surface area contributed by atoms with Crippen molar-refractivity contribution in [3.8, 4) is 11.3 Å². The number of aliphatic hydroxyl groups is 1.